The quantitative estimate of drug-likeness (QED) is 0.822. The van der Waals surface area contributed by atoms with Gasteiger partial charge < -0.3 is 4.98 Å². The monoisotopic (exact) mass is 398 g/mol. The van der Waals surface area contributed by atoms with Gasteiger partial charge in [-0.05, 0) is 27.6 Å². The number of nitrogens with one attached hydrogen (secondary N) is 1. The van der Waals surface area contributed by atoms with Gasteiger partial charge in [-0.25, -0.2) is 4.98 Å². The Morgan fingerprint density at radius 3 is 2.45 bits per heavy atom. The Labute approximate surface area is 135 Å². The summed E-state index contributed by atoms with van der Waals surface area (Å²) in [6, 6.07) is 7.94. The van der Waals surface area contributed by atoms with Crippen LogP contribution in [0.2, 0.25) is 0 Å². The van der Waals surface area contributed by atoms with E-state index in [1.165, 1.54) is 0 Å². The van der Waals surface area contributed by atoms with Crippen molar-refractivity contribution in [2.75, 3.05) is 0 Å². The SMILES string of the molecule is CC(C)(C)c1nc(Cc2ccccc2Br)[nH]c(=O)c1Br. The number of H-pyrrole nitrogens is 1. The standard InChI is InChI=1S/C15H16Br2N2O/c1-15(2,3)13-12(17)14(20)19-11(18-13)8-9-6-4-5-7-10(9)16/h4-7H,8H2,1-3H3,(H,18,19,20). The van der Waals surface area contributed by atoms with Gasteiger partial charge in [0.2, 0.25) is 0 Å². The van der Waals surface area contributed by atoms with E-state index in [0.29, 0.717) is 16.7 Å². The molecule has 3 nitrogen and oxygen atoms in total. The first-order valence-electron chi connectivity index (χ1n) is 6.31. The molecule has 0 unspecified atom stereocenters. The maximum Gasteiger partial charge on any atom is 0.265 e. The Balaban J connectivity index is 2.47. The van der Waals surface area contributed by atoms with Gasteiger partial charge in [0, 0.05) is 16.3 Å². The minimum Gasteiger partial charge on any atom is -0.309 e. The van der Waals surface area contributed by atoms with Crippen molar-refractivity contribution in [3.8, 4) is 0 Å². The van der Waals surface area contributed by atoms with Crippen LogP contribution in [-0.4, -0.2) is 9.97 Å². The highest BCUT2D eigenvalue weighted by molar-refractivity contribution is 9.10. The van der Waals surface area contributed by atoms with Gasteiger partial charge in [-0.2, -0.15) is 0 Å². The molecule has 1 N–H and O–H groups in total. The number of rotatable bonds is 2. The van der Waals surface area contributed by atoms with Crippen molar-refractivity contribution in [2.45, 2.75) is 32.6 Å². The topological polar surface area (TPSA) is 45.8 Å². The van der Waals surface area contributed by atoms with Crippen molar-refractivity contribution in [3.63, 3.8) is 0 Å². The van der Waals surface area contributed by atoms with E-state index in [0.717, 1.165) is 15.7 Å². The second-order valence-electron chi connectivity index (χ2n) is 5.69. The van der Waals surface area contributed by atoms with Gasteiger partial charge in [-0.1, -0.05) is 54.9 Å². The van der Waals surface area contributed by atoms with Gasteiger partial charge in [0.15, 0.2) is 0 Å². The molecule has 0 fully saturated rings. The van der Waals surface area contributed by atoms with Crippen LogP contribution in [-0.2, 0) is 11.8 Å². The summed E-state index contributed by atoms with van der Waals surface area (Å²) in [4.78, 5) is 19.5. The smallest absolute Gasteiger partial charge is 0.265 e. The molecule has 2 aromatic rings. The summed E-state index contributed by atoms with van der Waals surface area (Å²) in [5, 5.41) is 0. The maximum absolute atomic E-state index is 12.0. The lowest BCUT2D eigenvalue weighted by molar-refractivity contribution is 0.557. The van der Waals surface area contributed by atoms with Crippen LogP contribution in [0.5, 0.6) is 0 Å². The molecule has 106 valence electrons. The number of aromatic nitrogens is 2. The molecular weight excluding hydrogens is 384 g/mol. The van der Waals surface area contributed by atoms with Crippen LogP contribution >= 0.6 is 31.9 Å². The molecule has 0 saturated carbocycles. The summed E-state index contributed by atoms with van der Waals surface area (Å²) in [6.07, 6.45) is 0.590. The zero-order chi connectivity index (χ0) is 14.9. The van der Waals surface area contributed by atoms with Crippen LogP contribution in [0.15, 0.2) is 38.0 Å². The van der Waals surface area contributed by atoms with E-state index in [1.54, 1.807) is 0 Å². The van der Waals surface area contributed by atoms with Gasteiger partial charge in [0.25, 0.3) is 5.56 Å². The molecule has 20 heavy (non-hydrogen) atoms. The summed E-state index contributed by atoms with van der Waals surface area (Å²) in [6.45, 7) is 6.13. The van der Waals surface area contributed by atoms with Gasteiger partial charge >= 0.3 is 0 Å². The molecule has 5 heteroatoms. The molecule has 1 heterocycles. The van der Waals surface area contributed by atoms with Crippen LogP contribution in [0.1, 0.15) is 37.9 Å². The summed E-state index contributed by atoms with van der Waals surface area (Å²) in [5.74, 6) is 0.676. The number of benzene rings is 1. The van der Waals surface area contributed by atoms with Gasteiger partial charge in [0.05, 0.1) is 5.69 Å². The van der Waals surface area contributed by atoms with E-state index in [9.17, 15) is 4.79 Å². The fraction of sp³-hybridized carbons (Fsp3) is 0.333. The first-order valence-corrected chi connectivity index (χ1v) is 7.90. The largest absolute Gasteiger partial charge is 0.309 e. The minimum absolute atomic E-state index is 0.132. The molecule has 0 aliphatic carbocycles. The molecule has 1 aromatic heterocycles. The van der Waals surface area contributed by atoms with Crippen molar-refractivity contribution in [2.24, 2.45) is 0 Å². The van der Waals surface area contributed by atoms with Gasteiger partial charge in [-0.3, -0.25) is 4.79 Å². The van der Waals surface area contributed by atoms with Crippen LogP contribution in [0.3, 0.4) is 0 Å². The van der Waals surface area contributed by atoms with Gasteiger partial charge in [-0.15, -0.1) is 0 Å². The zero-order valence-corrected chi connectivity index (χ0v) is 14.8. The molecule has 1 aromatic carbocycles. The summed E-state index contributed by atoms with van der Waals surface area (Å²) in [7, 11) is 0. The number of hydrogen-bond donors (Lipinski definition) is 1. The lowest BCUT2D eigenvalue weighted by Gasteiger charge is -2.19. The lowest BCUT2D eigenvalue weighted by atomic mass is 9.92. The molecule has 0 saturated heterocycles. The van der Waals surface area contributed by atoms with Crippen molar-refractivity contribution in [3.05, 3.63) is 60.6 Å². The Bertz CT molecular complexity index is 687. The number of halogens is 2. The molecule has 0 aliphatic rings. The fourth-order valence-electron chi connectivity index (χ4n) is 1.91. The minimum atomic E-state index is -0.185. The van der Waals surface area contributed by atoms with Crippen molar-refractivity contribution in [1.82, 2.24) is 9.97 Å². The van der Waals surface area contributed by atoms with Crippen molar-refractivity contribution in [1.29, 1.82) is 0 Å². The van der Waals surface area contributed by atoms with Crippen molar-refractivity contribution < 1.29 is 0 Å². The zero-order valence-electron chi connectivity index (χ0n) is 11.6. The third kappa shape index (κ3) is 3.38. The van der Waals surface area contributed by atoms with E-state index in [1.807, 2.05) is 45.0 Å². The molecule has 0 amide bonds. The lowest BCUT2D eigenvalue weighted by Crippen LogP contribution is -2.23. The summed E-state index contributed by atoms with van der Waals surface area (Å²) < 4.78 is 1.53. The van der Waals surface area contributed by atoms with E-state index in [-0.39, 0.29) is 11.0 Å². The molecular formula is C15H16Br2N2O. The Morgan fingerprint density at radius 1 is 1.20 bits per heavy atom. The third-order valence-corrected chi connectivity index (χ3v) is 4.45. The first kappa shape index (κ1) is 15.4. The van der Waals surface area contributed by atoms with Crippen LogP contribution in [0.4, 0.5) is 0 Å². The Morgan fingerprint density at radius 2 is 1.85 bits per heavy atom. The fourth-order valence-corrected chi connectivity index (χ4v) is 3.12. The number of hydrogen-bond acceptors (Lipinski definition) is 2. The average Bonchev–Trinajstić information content (AvgIpc) is 2.35. The number of aromatic amines is 1. The summed E-state index contributed by atoms with van der Waals surface area (Å²) >= 11 is 6.85. The second kappa shape index (κ2) is 5.82. The molecule has 0 atom stereocenters. The molecule has 0 bridgehead atoms. The van der Waals surface area contributed by atoms with Crippen LogP contribution in [0.25, 0.3) is 0 Å². The van der Waals surface area contributed by atoms with E-state index in [4.69, 9.17) is 0 Å². The van der Waals surface area contributed by atoms with Crippen LogP contribution < -0.4 is 5.56 Å². The van der Waals surface area contributed by atoms with E-state index in [2.05, 4.69) is 41.8 Å². The maximum atomic E-state index is 12.0. The number of nitrogens with zero attached hydrogens (tertiary/aromatic N) is 1. The third-order valence-electron chi connectivity index (χ3n) is 2.94. The summed E-state index contributed by atoms with van der Waals surface area (Å²) in [5.41, 5.74) is 1.56. The average molecular weight is 400 g/mol. The molecule has 0 radical (unpaired) electrons. The van der Waals surface area contributed by atoms with E-state index >= 15 is 0 Å². The highest BCUT2D eigenvalue weighted by Crippen LogP contribution is 2.26. The molecule has 2 rings (SSSR count). The highest BCUT2D eigenvalue weighted by atomic mass is 79.9. The molecule has 0 spiro atoms. The highest BCUT2D eigenvalue weighted by Gasteiger charge is 2.22. The predicted octanol–water partition coefficient (Wildman–Crippen LogP) is 4.18. The normalized spacial score (nSPS) is 11.7. The van der Waals surface area contributed by atoms with Crippen molar-refractivity contribution >= 4 is 31.9 Å². The predicted molar refractivity (Wildman–Crippen MR) is 88.2 cm³/mol. The Hall–Kier alpha value is -0.940. The second-order valence-corrected chi connectivity index (χ2v) is 7.34. The Kier molecular flexibility index (Phi) is 4.49. The first-order chi connectivity index (χ1) is 9.29. The van der Waals surface area contributed by atoms with Gasteiger partial charge in [0.1, 0.15) is 10.3 Å². The van der Waals surface area contributed by atoms with E-state index < -0.39 is 0 Å². The van der Waals surface area contributed by atoms with Crippen LogP contribution in [0, 0.1) is 0 Å². The molecule has 0 aliphatic heterocycles.